The summed E-state index contributed by atoms with van der Waals surface area (Å²) in [5.74, 6) is 0.346. The number of amides is 2. The van der Waals surface area contributed by atoms with Crippen LogP contribution in [0.1, 0.15) is 44.6 Å². The second-order valence-corrected chi connectivity index (χ2v) is 9.93. The molecule has 27 heavy (non-hydrogen) atoms. The van der Waals surface area contributed by atoms with Crippen molar-refractivity contribution < 1.29 is 13.2 Å². The topological polar surface area (TPSA) is 69.7 Å². The van der Waals surface area contributed by atoms with Gasteiger partial charge in [-0.25, -0.2) is 17.5 Å². The maximum Gasteiger partial charge on any atom is 0.317 e. The number of hydrogen-bond donors (Lipinski definition) is 1. The molecule has 0 aromatic heterocycles. The summed E-state index contributed by atoms with van der Waals surface area (Å²) in [4.78, 5) is 14.9. The fraction of sp³-hybridized carbons (Fsp3) is 0.650. The van der Waals surface area contributed by atoms with Gasteiger partial charge in [0.05, 0.1) is 5.75 Å². The molecule has 0 spiro atoms. The largest absolute Gasteiger partial charge is 0.338 e. The van der Waals surface area contributed by atoms with Crippen molar-refractivity contribution in [1.29, 1.82) is 0 Å². The average molecular weight is 394 g/mol. The van der Waals surface area contributed by atoms with Gasteiger partial charge in [0.2, 0.25) is 10.0 Å². The second kappa shape index (κ2) is 9.06. The number of rotatable bonds is 7. The van der Waals surface area contributed by atoms with E-state index >= 15 is 0 Å². The minimum absolute atomic E-state index is 0.0254. The smallest absolute Gasteiger partial charge is 0.317 e. The first-order valence-electron chi connectivity index (χ1n) is 10.1. The number of hydrogen-bond acceptors (Lipinski definition) is 3. The Morgan fingerprint density at radius 1 is 1.15 bits per heavy atom. The zero-order valence-electron chi connectivity index (χ0n) is 16.1. The lowest BCUT2D eigenvalue weighted by Crippen LogP contribution is -2.55. The molecule has 1 heterocycles. The minimum Gasteiger partial charge on any atom is -0.338 e. The number of carbonyl (C=O) groups excluding carboxylic acids is 1. The Morgan fingerprint density at radius 2 is 1.81 bits per heavy atom. The van der Waals surface area contributed by atoms with Gasteiger partial charge >= 0.3 is 6.03 Å². The van der Waals surface area contributed by atoms with Crippen LogP contribution in [-0.2, 0) is 16.6 Å². The number of nitrogens with one attached hydrogen (secondary N) is 1. The number of urea groups is 1. The quantitative estimate of drug-likeness (QED) is 0.774. The molecule has 0 atom stereocenters. The van der Waals surface area contributed by atoms with Crippen LogP contribution in [-0.4, -0.2) is 55.1 Å². The van der Waals surface area contributed by atoms with E-state index < -0.39 is 10.0 Å². The second-order valence-electron chi connectivity index (χ2n) is 7.67. The molecule has 1 saturated heterocycles. The maximum absolute atomic E-state index is 12.9. The summed E-state index contributed by atoms with van der Waals surface area (Å²) in [5.41, 5.74) is 1.14. The van der Waals surface area contributed by atoms with Gasteiger partial charge in [-0.3, -0.25) is 0 Å². The lowest BCUT2D eigenvalue weighted by Gasteiger charge is -2.39. The van der Waals surface area contributed by atoms with Crippen molar-refractivity contribution in [3.63, 3.8) is 0 Å². The monoisotopic (exact) mass is 393 g/mol. The molecule has 1 aromatic carbocycles. The molecule has 1 aromatic rings. The molecule has 1 N–H and O–H groups in total. The first-order chi connectivity index (χ1) is 13.0. The van der Waals surface area contributed by atoms with Crippen molar-refractivity contribution in [2.45, 2.75) is 51.6 Å². The van der Waals surface area contributed by atoms with Gasteiger partial charge in [-0.2, -0.15) is 0 Å². The molecule has 0 unspecified atom stereocenters. The number of sulfonamides is 1. The van der Waals surface area contributed by atoms with Crippen LogP contribution >= 0.6 is 0 Å². The fourth-order valence-corrected chi connectivity index (χ4v) is 5.18. The van der Waals surface area contributed by atoms with Gasteiger partial charge in [-0.1, -0.05) is 49.6 Å². The van der Waals surface area contributed by atoms with Crippen molar-refractivity contribution in [1.82, 2.24) is 14.5 Å². The highest BCUT2D eigenvalue weighted by atomic mass is 32.2. The Bertz CT molecular complexity index is 711. The predicted octanol–water partition coefficient (Wildman–Crippen LogP) is 2.81. The van der Waals surface area contributed by atoms with Crippen LogP contribution in [0.3, 0.4) is 0 Å². The maximum atomic E-state index is 12.9. The van der Waals surface area contributed by atoms with E-state index in [0.29, 0.717) is 26.2 Å². The van der Waals surface area contributed by atoms with Crippen LogP contribution in [0.5, 0.6) is 0 Å². The van der Waals surface area contributed by atoms with E-state index in [-0.39, 0.29) is 23.7 Å². The van der Waals surface area contributed by atoms with Crippen molar-refractivity contribution in [3.05, 3.63) is 35.9 Å². The molecule has 2 fully saturated rings. The third-order valence-corrected chi connectivity index (χ3v) is 7.51. The number of carbonyl (C=O) groups is 1. The summed E-state index contributed by atoms with van der Waals surface area (Å²) >= 11 is 0. The van der Waals surface area contributed by atoms with Gasteiger partial charge in [0.25, 0.3) is 0 Å². The third-order valence-electron chi connectivity index (χ3n) is 5.70. The molecule has 1 aliphatic carbocycles. The molecule has 6 nitrogen and oxygen atoms in total. The molecule has 1 saturated carbocycles. The highest BCUT2D eigenvalue weighted by molar-refractivity contribution is 7.89. The van der Waals surface area contributed by atoms with Crippen molar-refractivity contribution in [2.75, 3.05) is 25.4 Å². The Hall–Kier alpha value is -1.60. The zero-order chi connectivity index (χ0) is 19.3. The van der Waals surface area contributed by atoms with E-state index in [1.54, 1.807) is 6.92 Å². The standard InChI is InChI=1S/C20H31N3O3S/c1-2-27(25,26)22-14-18(15-22)13-21-20(24)23(19-11-7-4-8-12-19)16-17-9-5-3-6-10-17/h3,5-6,9-10,18-19H,2,4,7-8,11-16H2,1H3,(H,21,24). The minimum atomic E-state index is -3.10. The van der Waals surface area contributed by atoms with Crippen LogP contribution in [0, 0.1) is 5.92 Å². The lowest BCUT2D eigenvalue weighted by molar-refractivity contribution is 0.143. The molecule has 0 bridgehead atoms. The Kier molecular flexibility index (Phi) is 6.76. The summed E-state index contributed by atoms with van der Waals surface area (Å²) < 4.78 is 25.1. The van der Waals surface area contributed by atoms with E-state index in [9.17, 15) is 13.2 Å². The van der Waals surface area contributed by atoms with Crippen molar-refractivity contribution in [3.8, 4) is 0 Å². The molecular formula is C20H31N3O3S. The summed E-state index contributed by atoms with van der Waals surface area (Å²) in [5, 5.41) is 3.06. The summed E-state index contributed by atoms with van der Waals surface area (Å²) in [6.07, 6.45) is 5.73. The lowest BCUT2D eigenvalue weighted by atomic mass is 9.94. The first kappa shape index (κ1) is 20.1. The highest BCUT2D eigenvalue weighted by Crippen LogP contribution is 2.25. The van der Waals surface area contributed by atoms with Crippen molar-refractivity contribution in [2.24, 2.45) is 5.92 Å². The highest BCUT2D eigenvalue weighted by Gasteiger charge is 2.35. The van der Waals surface area contributed by atoms with Gasteiger partial charge < -0.3 is 10.2 Å². The zero-order valence-corrected chi connectivity index (χ0v) is 17.0. The van der Waals surface area contributed by atoms with Gasteiger partial charge in [0.1, 0.15) is 0 Å². The van der Waals surface area contributed by atoms with Crippen LogP contribution < -0.4 is 5.32 Å². The Morgan fingerprint density at radius 3 is 2.44 bits per heavy atom. The van der Waals surface area contributed by atoms with Crippen LogP contribution in [0.2, 0.25) is 0 Å². The van der Waals surface area contributed by atoms with Crippen LogP contribution in [0.15, 0.2) is 30.3 Å². The van der Waals surface area contributed by atoms with Gasteiger partial charge in [-0.05, 0) is 25.3 Å². The molecule has 2 aliphatic rings. The molecular weight excluding hydrogens is 362 g/mol. The van der Waals surface area contributed by atoms with Crippen LogP contribution in [0.25, 0.3) is 0 Å². The van der Waals surface area contributed by atoms with E-state index in [1.165, 1.54) is 23.6 Å². The molecule has 1 aliphatic heterocycles. The Balaban J connectivity index is 1.55. The van der Waals surface area contributed by atoms with Gasteiger partial charge in [0.15, 0.2) is 0 Å². The van der Waals surface area contributed by atoms with E-state index in [2.05, 4.69) is 17.4 Å². The molecule has 150 valence electrons. The fourth-order valence-electron chi connectivity index (χ4n) is 3.93. The summed E-state index contributed by atoms with van der Waals surface area (Å²) in [7, 11) is -3.10. The molecule has 7 heteroatoms. The van der Waals surface area contributed by atoms with Gasteiger partial charge in [-0.15, -0.1) is 0 Å². The molecule has 0 radical (unpaired) electrons. The van der Waals surface area contributed by atoms with E-state index in [0.717, 1.165) is 18.4 Å². The normalized spacial score (nSPS) is 19.4. The average Bonchev–Trinajstić information content (AvgIpc) is 2.66. The first-order valence-corrected chi connectivity index (χ1v) is 11.7. The van der Waals surface area contributed by atoms with E-state index in [1.807, 2.05) is 23.1 Å². The number of nitrogens with zero attached hydrogens (tertiary/aromatic N) is 2. The Labute approximate surface area is 163 Å². The van der Waals surface area contributed by atoms with E-state index in [4.69, 9.17) is 0 Å². The summed E-state index contributed by atoms with van der Waals surface area (Å²) in [6.45, 7) is 3.85. The third kappa shape index (κ3) is 5.23. The summed E-state index contributed by atoms with van der Waals surface area (Å²) in [6, 6.07) is 10.4. The SMILES string of the molecule is CCS(=O)(=O)N1CC(CNC(=O)N(Cc2ccccc2)C2CCCCC2)C1. The van der Waals surface area contributed by atoms with Crippen LogP contribution in [0.4, 0.5) is 4.79 Å². The predicted molar refractivity (Wildman–Crippen MR) is 107 cm³/mol. The molecule has 2 amide bonds. The molecule has 3 rings (SSSR count). The van der Waals surface area contributed by atoms with Crippen molar-refractivity contribution >= 4 is 16.1 Å². The van der Waals surface area contributed by atoms with Gasteiger partial charge in [0, 0.05) is 38.1 Å². The number of benzene rings is 1.